The van der Waals surface area contributed by atoms with Gasteiger partial charge in [-0.15, -0.1) is 0 Å². The maximum absolute atomic E-state index is 12.5. The fraction of sp³-hybridized carbons (Fsp3) is 0.125. The first-order chi connectivity index (χ1) is 10.6. The molecule has 0 unspecified atom stereocenters. The van der Waals surface area contributed by atoms with Crippen LogP contribution in [0.25, 0.3) is 11.0 Å². The van der Waals surface area contributed by atoms with E-state index < -0.39 is 0 Å². The molecule has 3 aromatic rings. The van der Waals surface area contributed by atoms with E-state index in [2.05, 4.69) is 15.3 Å². The van der Waals surface area contributed by atoms with Gasteiger partial charge in [-0.3, -0.25) is 4.79 Å². The first kappa shape index (κ1) is 13.9. The molecule has 0 bridgehead atoms. The zero-order valence-corrected chi connectivity index (χ0v) is 12.2. The van der Waals surface area contributed by atoms with Crippen LogP contribution in [0.3, 0.4) is 0 Å². The van der Waals surface area contributed by atoms with E-state index in [1.807, 2.05) is 19.1 Å². The summed E-state index contributed by atoms with van der Waals surface area (Å²) in [7, 11) is 1.55. The molecule has 0 fully saturated rings. The summed E-state index contributed by atoms with van der Waals surface area (Å²) in [5.41, 5.74) is 2.71. The highest BCUT2D eigenvalue weighted by molar-refractivity contribution is 6.11. The normalized spacial score (nSPS) is 10.6. The van der Waals surface area contributed by atoms with Gasteiger partial charge in [0.15, 0.2) is 0 Å². The van der Waals surface area contributed by atoms with Crippen molar-refractivity contribution in [2.75, 3.05) is 12.4 Å². The Bertz CT molecular complexity index is 908. The van der Waals surface area contributed by atoms with Gasteiger partial charge in [-0.05, 0) is 36.8 Å². The number of para-hydroxylation sites is 1. The Morgan fingerprint density at radius 2 is 2.00 bits per heavy atom. The van der Waals surface area contributed by atoms with Gasteiger partial charge in [0.1, 0.15) is 5.75 Å². The topological polar surface area (TPSA) is 87.0 Å². The molecule has 6 heteroatoms. The number of hydrogen-bond acceptors (Lipinski definition) is 3. The van der Waals surface area contributed by atoms with Crippen LogP contribution in [-0.4, -0.2) is 23.0 Å². The van der Waals surface area contributed by atoms with Crippen molar-refractivity contribution in [2.24, 2.45) is 0 Å². The summed E-state index contributed by atoms with van der Waals surface area (Å²) in [5, 5.41) is 2.82. The number of carbonyl (C=O) groups excluding carboxylic acids is 1. The van der Waals surface area contributed by atoms with Crippen molar-refractivity contribution >= 4 is 22.6 Å². The van der Waals surface area contributed by atoms with Crippen LogP contribution in [0.5, 0.6) is 5.75 Å². The minimum atomic E-state index is -0.344. The second-order valence-corrected chi connectivity index (χ2v) is 4.97. The third kappa shape index (κ3) is 2.46. The number of anilines is 1. The Balaban J connectivity index is 2.00. The number of amides is 1. The Hall–Kier alpha value is -3.02. The number of aromatic amines is 2. The smallest absolute Gasteiger partial charge is 0.323 e. The molecule has 6 nitrogen and oxygen atoms in total. The lowest BCUT2D eigenvalue weighted by Crippen LogP contribution is -2.13. The van der Waals surface area contributed by atoms with E-state index in [1.54, 1.807) is 31.4 Å². The van der Waals surface area contributed by atoms with Crippen LogP contribution in [-0.2, 0) is 0 Å². The molecule has 22 heavy (non-hydrogen) atoms. The highest BCUT2D eigenvalue weighted by Crippen LogP contribution is 2.26. The van der Waals surface area contributed by atoms with Crippen molar-refractivity contribution in [3.05, 3.63) is 58.0 Å². The van der Waals surface area contributed by atoms with Crippen LogP contribution >= 0.6 is 0 Å². The van der Waals surface area contributed by atoms with E-state index in [-0.39, 0.29) is 11.6 Å². The van der Waals surface area contributed by atoms with Gasteiger partial charge in [-0.2, -0.15) is 0 Å². The predicted molar refractivity (Wildman–Crippen MR) is 84.6 cm³/mol. The zero-order valence-electron chi connectivity index (χ0n) is 12.2. The van der Waals surface area contributed by atoms with Gasteiger partial charge in [-0.1, -0.05) is 12.1 Å². The summed E-state index contributed by atoms with van der Waals surface area (Å²) in [6.45, 7) is 1.93. The van der Waals surface area contributed by atoms with Gasteiger partial charge >= 0.3 is 5.69 Å². The molecule has 1 heterocycles. The average Bonchev–Trinajstić information content (AvgIpc) is 2.87. The molecule has 1 aromatic heterocycles. The number of aryl methyl sites for hydroxylation is 1. The molecule has 3 rings (SSSR count). The van der Waals surface area contributed by atoms with Crippen LogP contribution in [0.2, 0.25) is 0 Å². The largest absolute Gasteiger partial charge is 0.495 e. The van der Waals surface area contributed by atoms with E-state index in [0.717, 1.165) is 5.56 Å². The van der Waals surface area contributed by atoms with E-state index in [1.165, 1.54) is 0 Å². The Morgan fingerprint density at radius 1 is 1.18 bits per heavy atom. The van der Waals surface area contributed by atoms with Crippen LogP contribution in [0.15, 0.2) is 41.2 Å². The Kier molecular flexibility index (Phi) is 3.42. The first-order valence-corrected chi connectivity index (χ1v) is 6.75. The molecule has 3 N–H and O–H groups in total. The second-order valence-electron chi connectivity index (χ2n) is 4.97. The number of imidazole rings is 1. The van der Waals surface area contributed by atoms with Crippen LogP contribution in [0, 0.1) is 6.92 Å². The average molecular weight is 297 g/mol. The molecule has 1 amide bonds. The maximum Gasteiger partial charge on any atom is 0.323 e. The standard InChI is InChI=1S/C16H15N3O3/c1-9-6-7-13(22-2)12(8-9)17-15(20)10-4-3-5-11-14(10)19-16(21)18-11/h3-8H,1-2H3,(H,17,20)(H2,18,19,21). The van der Waals surface area contributed by atoms with Gasteiger partial charge in [0.05, 0.1) is 29.4 Å². The van der Waals surface area contributed by atoms with E-state index in [0.29, 0.717) is 28.0 Å². The molecule has 0 saturated heterocycles. The fourth-order valence-corrected chi connectivity index (χ4v) is 2.36. The third-order valence-corrected chi connectivity index (χ3v) is 3.40. The van der Waals surface area contributed by atoms with Crippen molar-refractivity contribution in [3.8, 4) is 5.75 Å². The van der Waals surface area contributed by atoms with Crippen molar-refractivity contribution in [1.29, 1.82) is 0 Å². The first-order valence-electron chi connectivity index (χ1n) is 6.75. The van der Waals surface area contributed by atoms with E-state index in [4.69, 9.17) is 4.74 Å². The summed E-state index contributed by atoms with van der Waals surface area (Å²) in [6.07, 6.45) is 0. The lowest BCUT2D eigenvalue weighted by molar-refractivity contribution is 0.102. The summed E-state index contributed by atoms with van der Waals surface area (Å²) in [4.78, 5) is 29.2. The number of carbonyl (C=O) groups is 1. The lowest BCUT2D eigenvalue weighted by atomic mass is 10.1. The molecular formula is C16H15N3O3. The number of aromatic nitrogens is 2. The Labute approximate surface area is 126 Å². The molecule has 2 aromatic carbocycles. The summed E-state index contributed by atoms with van der Waals surface area (Å²) < 4.78 is 5.25. The van der Waals surface area contributed by atoms with E-state index >= 15 is 0 Å². The molecule has 0 atom stereocenters. The fourth-order valence-electron chi connectivity index (χ4n) is 2.36. The maximum atomic E-state index is 12.5. The molecule has 0 aliphatic heterocycles. The number of benzene rings is 2. The number of fused-ring (bicyclic) bond motifs is 1. The third-order valence-electron chi connectivity index (χ3n) is 3.40. The van der Waals surface area contributed by atoms with Crippen LogP contribution in [0.1, 0.15) is 15.9 Å². The summed E-state index contributed by atoms with van der Waals surface area (Å²) >= 11 is 0. The minimum absolute atomic E-state index is 0.315. The van der Waals surface area contributed by atoms with Gasteiger partial charge in [-0.25, -0.2) is 4.79 Å². The van der Waals surface area contributed by atoms with Gasteiger partial charge in [0.25, 0.3) is 5.91 Å². The predicted octanol–water partition coefficient (Wildman–Crippen LogP) is 2.43. The Morgan fingerprint density at radius 3 is 2.77 bits per heavy atom. The minimum Gasteiger partial charge on any atom is -0.495 e. The molecule has 0 spiro atoms. The monoisotopic (exact) mass is 297 g/mol. The number of rotatable bonds is 3. The SMILES string of the molecule is COc1ccc(C)cc1NC(=O)c1cccc2[nH]c(=O)[nH]c12. The number of ether oxygens (including phenoxy) is 1. The summed E-state index contributed by atoms with van der Waals surface area (Å²) in [6, 6.07) is 10.6. The quantitative estimate of drug-likeness (QED) is 0.694. The van der Waals surface area contributed by atoms with Crippen LogP contribution < -0.4 is 15.7 Å². The van der Waals surface area contributed by atoms with Gasteiger partial charge in [0.2, 0.25) is 0 Å². The number of nitrogens with one attached hydrogen (secondary N) is 3. The van der Waals surface area contributed by atoms with Crippen molar-refractivity contribution < 1.29 is 9.53 Å². The zero-order chi connectivity index (χ0) is 15.7. The molecule has 0 aliphatic rings. The van der Waals surface area contributed by atoms with Crippen molar-refractivity contribution in [1.82, 2.24) is 9.97 Å². The van der Waals surface area contributed by atoms with Gasteiger partial charge in [0, 0.05) is 0 Å². The second kappa shape index (κ2) is 5.40. The molecule has 112 valence electrons. The van der Waals surface area contributed by atoms with Gasteiger partial charge < -0.3 is 20.0 Å². The molecular weight excluding hydrogens is 282 g/mol. The van der Waals surface area contributed by atoms with Crippen molar-refractivity contribution in [3.63, 3.8) is 0 Å². The highest BCUT2D eigenvalue weighted by atomic mass is 16.5. The highest BCUT2D eigenvalue weighted by Gasteiger charge is 2.14. The number of methoxy groups -OCH3 is 1. The number of H-pyrrole nitrogens is 2. The summed E-state index contributed by atoms with van der Waals surface area (Å²) in [5.74, 6) is 0.262. The molecule has 0 saturated carbocycles. The number of hydrogen-bond donors (Lipinski definition) is 3. The van der Waals surface area contributed by atoms with E-state index in [9.17, 15) is 9.59 Å². The molecule has 0 radical (unpaired) electrons. The molecule has 0 aliphatic carbocycles. The lowest BCUT2D eigenvalue weighted by Gasteiger charge is -2.11. The van der Waals surface area contributed by atoms with Crippen molar-refractivity contribution in [2.45, 2.75) is 6.92 Å². The van der Waals surface area contributed by atoms with Crippen LogP contribution in [0.4, 0.5) is 5.69 Å².